The second kappa shape index (κ2) is 7.14. The highest BCUT2D eigenvalue weighted by Gasteiger charge is 2.16. The van der Waals surface area contributed by atoms with E-state index in [9.17, 15) is 9.90 Å². The van der Waals surface area contributed by atoms with Crippen molar-refractivity contribution >= 4 is 5.97 Å². The molecule has 0 aromatic heterocycles. The number of benzene rings is 1. The summed E-state index contributed by atoms with van der Waals surface area (Å²) in [7, 11) is 1.51. The van der Waals surface area contributed by atoms with Crippen molar-refractivity contribution in [1.29, 1.82) is 0 Å². The average Bonchev–Trinajstić information content (AvgIpc) is 2.96. The Morgan fingerprint density at radius 3 is 2.75 bits per heavy atom. The van der Waals surface area contributed by atoms with E-state index in [2.05, 4.69) is 4.90 Å². The molecule has 1 saturated heterocycles. The molecular weight excluding hydrogens is 258 g/mol. The Hall–Kier alpha value is -1.75. The van der Waals surface area contributed by atoms with Crippen LogP contribution in [0.3, 0.4) is 0 Å². The van der Waals surface area contributed by atoms with E-state index in [0.717, 1.165) is 26.1 Å². The third-order valence-electron chi connectivity index (χ3n) is 3.49. The molecule has 110 valence electrons. The van der Waals surface area contributed by atoms with Crippen LogP contribution in [0, 0.1) is 0 Å². The molecule has 0 amide bonds. The number of carboxylic acids is 1. The molecule has 20 heavy (non-hydrogen) atoms. The molecule has 1 aliphatic rings. The molecule has 1 aromatic carbocycles. The van der Waals surface area contributed by atoms with E-state index in [4.69, 9.17) is 9.47 Å². The van der Waals surface area contributed by atoms with Gasteiger partial charge in [0.15, 0.2) is 11.5 Å². The Bertz CT molecular complexity index is 455. The molecule has 1 N–H and O–H groups in total. The average molecular weight is 279 g/mol. The summed E-state index contributed by atoms with van der Waals surface area (Å²) in [6.45, 7) is 3.82. The number of likely N-dealkylation sites (tertiary alicyclic amines) is 1. The molecule has 0 saturated carbocycles. The molecule has 1 heterocycles. The molecule has 0 atom stereocenters. The molecule has 0 aliphatic carbocycles. The number of para-hydroxylation sites is 1. The van der Waals surface area contributed by atoms with Crippen LogP contribution in [-0.2, 0) is 0 Å². The van der Waals surface area contributed by atoms with Gasteiger partial charge in [0.25, 0.3) is 0 Å². The van der Waals surface area contributed by atoms with Crippen molar-refractivity contribution in [2.75, 3.05) is 33.4 Å². The first-order valence-electron chi connectivity index (χ1n) is 6.98. The van der Waals surface area contributed by atoms with Crippen LogP contribution in [0.5, 0.6) is 11.5 Å². The lowest BCUT2D eigenvalue weighted by Crippen LogP contribution is -2.22. The summed E-state index contributed by atoms with van der Waals surface area (Å²) in [5, 5.41) is 9.17. The normalized spacial score (nSPS) is 15.2. The summed E-state index contributed by atoms with van der Waals surface area (Å²) in [5.41, 5.74) is 0.144. The van der Waals surface area contributed by atoms with Gasteiger partial charge in [0.1, 0.15) is 5.56 Å². The van der Waals surface area contributed by atoms with Crippen LogP contribution in [0.4, 0.5) is 0 Å². The Morgan fingerprint density at radius 2 is 2.10 bits per heavy atom. The summed E-state index contributed by atoms with van der Waals surface area (Å²) in [6, 6.07) is 4.89. The van der Waals surface area contributed by atoms with E-state index in [-0.39, 0.29) is 5.56 Å². The molecule has 2 rings (SSSR count). The van der Waals surface area contributed by atoms with Crippen molar-refractivity contribution in [3.63, 3.8) is 0 Å². The third-order valence-corrected chi connectivity index (χ3v) is 3.49. The molecule has 1 fully saturated rings. The number of hydrogen-bond donors (Lipinski definition) is 1. The maximum absolute atomic E-state index is 11.2. The Balaban J connectivity index is 1.91. The van der Waals surface area contributed by atoms with Crippen molar-refractivity contribution < 1.29 is 19.4 Å². The van der Waals surface area contributed by atoms with Crippen LogP contribution in [-0.4, -0.2) is 49.3 Å². The second-order valence-electron chi connectivity index (χ2n) is 4.89. The van der Waals surface area contributed by atoms with Gasteiger partial charge in [0.05, 0.1) is 13.7 Å². The molecule has 1 aliphatic heterocycles. The number of ether oxygens (including phenoxy) is 2. The molecular formula is C15H21NO4. The minimum atomic E-state index is -1.00. The van der Waals surface area contributed by atoms with Crippen molar-refractivity contribution in [1.82, 2.24) is 4.90 Å². The number of nitrogens with zero attached hydrogens (tertiary/aromatic N) is 1. The number of carboxylic acid groups (broad SMARTS) is 1. The summed E-state index contributed by atoms with van der Waals surface area (Å²) in [4.78, 5) is 13.6. The largest absolute Gasteiger partial charge is 0.493 e. The predicted octanol–water partition coefficient (Wildman–Crippen LogP) is 2.26. The summed E-state index contributed by atoms with van der Waals surface area (Å²) in [6.07, 6.45) is 3.43. The van der Waals surface area contributed by atoms with Gasteiger partial charge >= 0.3 is 5.97 Å². The van der Waals surface area contributed by atoms with Gasteiger partial charge in [-0.25, -0.2) is 4.79 Å². The van der Waals surface area contributed by atoms with Crippen LogP contribution >= 0.6 is 0 Å². The highest BCUT2D eigenvalue weighted by molar-refractivity contribution is 5.92. The summed E-state index contributed by atoms with van der Waals surface area (Å²) in [5.74, 6) is -0.214. The van der Waals surface area contributed by atoms with E-state index in [1.165, 1.54) is 26.0 Å². The zero-order valence-electron chi connectivity index (χ0n) is 11.8. The Kier molecular flexibility index (Phi) is 5.24. The third kappa shape index (κ3) is 3.63. The first-order valence-corrected chi connectivity index (χ1v) is 6.98. The van der Waals surface area contributed by atoms with E-state index in [1.807, 2.05) is 0 Å². The number of methoxy groups -OCH3 is 1. The Morgan fingerprint density at radius 1 is 1.35 bits per heavy atom. The molecule has 0 unspecified atom stereocenters. The molecule has 5 heteroatoms. The fourth-order valence-corrected chi connectivity index (χ4v) is 2.46. The van der Waals surface area contributed by atoms with Crippen molar-refractivity contribution in [2.24, 2.45) is 0 Å². The topological polar surface area (TPSA) is 59.0 Å². The maximum Gasteiger partial charge on any atom is 0.339 e. The van der Waals surface area contributed by atoms with Crippen LogP contribution in [0.1, 0.15) is 29.6 Å². The predicted molar refractivity (Wildman–Crippen MR) is 75.7 cm³/mol. The first-order chi connectivity index (χ1) is 9.72. The molecule has 0 spiro atoms. The zero-order valence-corrected chi connectivity index (χ0v) is 11.8. The SMILES string of the molecule is COc1cccc(C(=O)O)c1OCCCN1CCCC1. The lowest BCUT2D eigenvalue weighted by atomic mass is 10.2. The standard InChI is InChI=1S/C15H21NO4/c1-19-13-7-4-6-12(15(17)18)14(13)20-11-5-10-16-8-2-3-9-16/h4,6-7H,2-3,5,8-11H2,1H3,(H,17,18). The van der Waals surface area contributed by atoms with E-state index >= 15 is 0 Å². The minimum Gasteiger partial charge on any atom is -0.493 e. The summed E-state index contributed by atoms with van der Waals surface area (Å²) >= 11 is 0. The minimum absolute atomic E-state index is 0.144. The lowest BCUT2D eigenvalue weighted by molar-refractivity contribution is 0.0691. The smallest absolute Gasteiger partial charge is 0.339 e. The van der Waals surface area contributed by atoms with Crippen LogP contribution < -0.4 is 9.47 Å². The van der Waals surface area contributed by atoms with Gasteiger partial charge in [0.2, 0.25) is 0 Å². The maximum atomic E-state index is 11.2. The highest BCUT2D eigenvalue weighted by Crippen LogP contribution is 2.31. The van der Waals surface area contributed by atoms with Gasteiger partial charge in [-0.3, -0.25) is 0 Å². The molecule has 0 radical (unpaired) electrons. The van der Waals surface area contributed by atoms with E-state index in [1.54, 1.807) is 12.1 Å². The van der Waals surface area contributed by atoms with Gasteiger partial charge in [-0.2, -0.15) is 0 Å². The van der Waals surface area contributed by atoms with E-state index < -0.39 is 5.97 Å². The summed E-state index contributed by atoms with van der Waals surface area (Å²) < 4.78 is 10.8. The van der Waals surface area contributed by atoms with Gasteiger partial charge in [0, 0.05) is 6.54 Å². The van der Waals surface area contributed by atoms with Crippen LogP contribution in [0.15, 0.2) is 18.2 Å². The van der Waals surface area contributed by atoms with Crippen molar-refractivity contribution in [2.45, 2.75) is 19.3 Å². The number of hydrogen-bond acceptors (Lipinski definition) is 4. The monoisotopic (exact) mass is 279 g/mol. The van der Waals surface area contributed by atoms with Crippen LogP contribution in [0.25, 0.3) is 0 Å². The fourth-order valence-electron chi connectivity index (χ4n) is 2.46. The fraction of sp³-hybridized carbons (Fsp3) is 0.533. The lowest BCUT2D eigenvalue weighted by Gasteiger charge is -2.16. The van der Waals surface area contributed by atoms with E-state index in [0.29, 0.717) is 18.1 Å². The zero-order chi connectivity index (χ0) is 14.4. The highest BCUT2D eigenvalue weighted by atomic mass is 16.5. The number of aromatic carboxylic acids is 1. The molecule has 5 nitrogen and oxygen atoms in total. The quantitative estimate of drug-likeness (QED) is 0.776. The van der Waals surface area contributed by atoms with Crippen molar-refractivity contribution in [3.8, 4) is 11.5 Å². The number of rotatable bonds is 7. The Labute approximate surface area is 119 Å². The van der Waals surface area contributed by atoms with Gasteiger partial charge < -0.3 is 19.5 Å². The van der Waals surface area contributed by atoms with Gasteiger partial charge in [-0.1, -0.05) is 6.07 Å². The first kappa shape index (κ1) is 14.7. The van der Waals surface area contributed by atoms with Gasteiger partial charge in [-0.15, -0.1) is 0 Å². The second-order valence-corrected chi connectivity index (χ2v) is 4.89. The molecule has 0 bridgehead atoms. The van der Waals surface area contributed by atoms with Crippen molar-refractivity contribution in [3.05, 3.63) is 23.8 Å². The molecule has 1 aromatic rings. The van der Waals surface area contributed by atoms with Gasteiger partial charge in [-0.05, 0) is 44.5 Å². The number of carbonyl (C=O) groups is 1. The van der Waals surface area contributed by atoms with Crippen LogP contribution in [0.2, 0.25) is 0 Å².